The molecule has 5 nitrogen and oxygen atoms in total. The van der Waals surface area contributed by atoms with Crippen LogP contribution in [-0.2, 0) is 0 Å². The highest BCUT2D eigenvalue weighted by atomic mass is 35.5. The number of hydrogen-bond acceptors (Lipinski definition) is 5. The molecule has 1 heterocycles. The number of likely N-dealkylation sites (N-methyl/N-ethyl adjacent to an activating group) is 1. The van der Waals surface area contributed by atoms with Gasteiger partial charge >= 0.3 is 0 Å². The second kappa shape index (κ2) is 11.2. The van der Waals surface area contributed by atoms with Gasteiger partial charge in [-0.3, -0.25) is 9.69 Å². The lowest BCUT2D eigenvalue weighted by Crippen LogP contribution is -2.39. The second-order valence-corrected chi connectivity index (χ2v) is 8.94. The Labute approximate surface area is 209 Å². The molecule has 0 bridgehead atoms. The Balaban J connectivity index is 0.00000306. The van der Waals surface area contributed by atoms with Crippen molar-refractivity contribution in [2.45, 2.75) is 13.8 Å². The minimum Gasteiger partial charge on any atom is -0.496 e. The fraction of sp³-hybridized carbons (Fsp3) is 0.280. The van der Waals surface area contributed by atoms with E-state index in [9.17, 15) is 4.79 Å². The van der Waals surface area contributed by atoms with E-state index in [0.29, 0.717) is 28.0 Å². The van der Waals surface area contributed by atoms with Crippen molar-refractivity contribution < 1.29 is 9.53 Å². The van der Waals surface area contributed by atoms with E-state index in [2.05, 4.69) is 18.7 Å². The van der Waals surface area contributed by atoms with Gasteiger partial charge in [0.15, 0.2) is 5.13 Å². The summed E-state index contributed by atoms with van der Waals surface area (Å²) in [5.74, 6) is 0.440. The lowest BCUT2D eigenvalue weighted by molar-refractivity contribution is 0.0981. The predicted octanol–water partition coefficient (Wildman–Crippen LogP) is 6.52. The van der Waals surface area contributed by atoms with Crippen molar-refractivity contribution in [2.24, 2.45) is 0 Å². The number of hydrogen-bond donors (Lipinski definition) is 0. The Morgan fingerprint density at radius 2 is 1.73 bits per heavy atom. The Bertz CT molecular complexity index is 1260. The van der Waals surface area contributed by atoms with Gasteiger partial charge in [-0.1, -0.05) is 61.1 Å². The number of nitrogens with zero attached hydrogens (tertiary/aromatic N) is 3. The third-order valence-electron chi connectivity index (χ3n) is 5.65. The van der Waals surface area contributed by atoms with E-state index < -0.39 is 0 Å². The Hall–Kier alpha value is -2.38. The van der Waals surface area contributed by atoms with Crippen LogP contribution in [0.4, 0.5) is 5.13 Å². The van der Waals surface area contributed by atoms with E-state index in [1.54, 1.807) is 12.0 Å². The number of thiazole rings is 1. The first-order valence-electron chi connectivity index (χ1n) is 10.7. The summed E-state index contributed by atoms with van der Waals surface area (Å²) in [7, 11) is 1.60. The molecule has 4 rings (SSSR count). The minimum absolute atomic E-state index is 0. The average molecular weight is 504 g/mol. The number of anilines is 1. The molecule has 0 aliphatic heterocycles. The Morgan fingerprint density at radius 1 is 1.03 bits per heavy atom. The van der Waals surface area contributed by atoms with Crippen LogP contribution in [0.2, 0.25) is 5.02 Å². The zero-order valence-corrected chi connectivity index (χ0v) is 21.3. The highest BCUT2D eigenvalue weighted by molar-refractivity contribution is 7.22. The molecule has 4 aromatic rings. The Morgan fingerprint density at radius 3 is 2.39 bits per heavy atom. The number of amides is 1. The zero-order valence-electron chi connectivity index (χ0n) is 18.9. The van der Waals surface area contributed by atoms with Crippen LogP contribution in [0.15, 0.2) is 54.6 Å². The van der Waals surface area contributed by atoms with Crippen LogP contribution in [0.5, 0.6) is 5.75 Å². The highest BCUT2D eigenvalue weighted by Crippen LogP contribution is 2.33. The van der Waals surface area contributed by atoms with Crippen LogP contribution in [0, 0.1) is 0 Å². The average Bonchev–Trinajstić information content (AvgIpc) is 3.23. The molecule has 1 aromatic heterocycles. The third-order valence-corrected chi connectivity index (χ3v) is 6.92. The summed E-state index contributed by atoms with van der Waals surface area (Å²) >= 11 is 7.65. The van der Waals surface area contributed by atoms with Gasteiger partial charge in [-0.2, -0.15) is 0 Å². The largest absolute Gasteiger partial charge is 0.496 e. The number of methoxy groups -OCH3 is 1. The molecule has 0 N–H and O–H groups in total. The fourth-order valence-electron chi connectivity index (χ4n) is 3.77. The lowest BCUT2D eigenvalue weighted by Gasteiger charge is -2.25. The van der Waals surface area contributed by atoms with E-state index in [0.717, 1.165) is 40.6 Å². The monoisotopic (exact) mass is 503 g/mol. The van der Waals surface area contributed by atoms with Gasteiger partial charge in [-0.05, 0) is 54.2 Å². The lowest BCUT2D eigenvalue weighted by atomic mass is 10.0. The maximum Gasteiger partial charge on any atom is 0.263 e. The maximum atomic E-state index is 13.9. The molecule has 0 saturated carbocycles. The van der Waals surface area contributed by atoms with Crippen molar-refractivity contribution in [1.82, 2.24) is 9.88 Å². The van der Waals surface area contributed by atoms with Gasteiger partial charge in [-0.15, -0.1) is 12.4 Å². The molecular weight excluding hydrogens is 477 g/mol. The minimum atomic E-state index is -0.120. The van der Waals surface area contributed by atoms with Crippen LogP contribution in [0.1, 0.15) is 24.2 Å². The zero-order chi connectivity index (χ0) is 22.7. The predicted molar refractivity (Wildman–Crippen MR) is 142 cm³/mol. The van der Waals surface area contributed by atoms with E-state index in [-0.39, 0.29) is 18.3 Å². The van der Waals surface area contributed by atoms with Crippen molar-refractivity contribution in [2.75, 3.05) is 38.2 Å². The van der Waals surface area contributed by atoms with Gasteiger partial charge in [0.05, 0.1) is 22.9 Å². The summed E-state index contributed by atoms with van der Waals surface area (Å²) in [5.41, 5.74) is 1.36. The van der Waals surface area contributed by atoms with Crippen LogP contribution in [-0.4, -0.2) is 49.1 Å². The molecule has 0 unspecified atom stereocenters. The normalized spacial score (nSPS) is 11.1. The maximum absolute atomic E-state index is 13.9. The van der Waals surface area contributed by atoms with Crippen LogP contribution < -0.4 is 9.64 Å². The van der Waals surface area contributed by atoms with E-state index >= 15 is 0 Å². The molecule has 0 atom stereocenters. The molecule has 174 valence electrons. The molecule has 1 amide bonds. The molecule has 0 fully saturated rings. The molecule has 0 aliphatic rings. The number of carbonyl (C=O) groups excluding carboxylic acids is 1. The number of benzene rings is 3. The van der Waals surface area contributed by atoms with E-state index in [1.165, 1.54) is 11.3 Å². The highest BCUT2D eigenvalue weighted by Gasteiger charge is 2.25. The van der Waals surface area contributed by atoms with Gasteiger partial charge in [-0.25, -0.2) is 4.98 Å². The summed E-state index contributed by atoms with van der Waals surface area (Å²) in [6.07, 6.45) is 0. The summed E-state index contributed by atoms with van der Waals surface area (Å²) in [5, 5.41) is 3.35. The standard InChI is InChI=1S/C25H26ClN3O2S.ClH/c1-4-28(5-2)12-13-29(25-27-21-11-10-19(26)16-23(21)32-25)24(30)20-14-17-8-6-7-9-18(17)15-22(20)31-3;/h6-11,14-16H,4-5,12-13H2,1-3H3;1H. The molecule has 8 heteroatoms. The number of fused-ring (bicyclic) bond motifs is 2. The van der Waals surface area contributed by atoms with Crippen molar-refractivity contribution in [3.05, 3.63) is 65.2 Å². The first-order valence-corrected chi connectivity index (χ1v) is 11.9. The first kappa shape index (κ1) is 25.2. The van der Waals surface area contributed by atoms with Crippen molar-refractivity contribution in [3.63, 3.8) is 0 Å². The quantitative estimate of drug-likeness (QED) is 0.274. The van der Waals surface area contributed by atoms with Crippen LogP contribution >= 0.6 is 35.3 Å². The van der Waals surface area contributed by atoms with Crippen molar-refractivity contribution in [3.8, 4) is 5.75 Å². The molecular formula is C25H27Cl2N3O2S. The van der Waals surface area contributed by atoms with E-state index in [1.807, 2.05) is 54.6 Å². The van der Waals surface area contributed by atoms with Crippen LogP contribution in [0.25, 0.3) is 21.0 Å². The third kappa shape index (κ3) is 5.41. The molecule has 3 aromatic carbocycles. The van der Waals surface area contributed by atoms with Gasteiger partial charge in [0.2, 0.25) is 0 Å². The number of carbonyl (C=O) groups is 1. The summed E-state index contributed by atoms with van der Waals surface area (Å²) < 4.78 is 6.57. The smallest absolute Gasteiger partial charge is 0.263 e. The van der Waals surface area contributed by atoms with Crippen molar-refractivity contribution >= 4 is 67.4 Å². The summed E-state index contributed by atoms with van der Waals surface area (Å²) in [6, 6.07) is 17.4. The molecule has 0 aliphatic carbocycles. The SMILES string of the molecule is CCN(CC)CCN(C(=O)c1cc2ccccc2cc1OC)c1nc2ccc(Cl)cc2s1.Cl. The molecule has 0 saturated heterocycles. The van der Waals surface area contributed by atoms with Crippen LogP contribution in [0.3, 0.4) is 0 Å². The summed E-state index contributed by atoms with van der Waals surface area (Å²) in [4.78, 5) is 22.7. The van der Waals surface area contributed by atoms with E-state index in [4.69, 9.17) is 21.3 Å². The van der Waals surface area contributed by atoms with Crippen molar-refractivity contribution in [1.29, 1.82) is 0 Å². The molecule has 33 heavy (non-hydrogen) atoms. The van der Waals surface area contributed by atoms with Gasteiger partial charge < -0.3 is 9.64 Å². The van der Waals surface area contributed by atoms with Gasteiger partial charge in [0.1, 0.15) is 5.75 Å². The van der Waals surface area contributed by atoms with Gasteiger partial charge in [0, 0.05) is 18.1 Å². The molecule has 0 spiro atoms. The summed E-state index contributed by atoms with van der Waals surface area (Å²) in [6.45, 7) is 7.39. The second-order valence-electron chi connectivity index (χ2n) is 7.49. The molecule has 0 radical (unpaired) electrons. The number of rotatable bonds is 8. The first-order chi connectivity index (χ1) is 15.5. The van der Waals surface area contributed by atoms with Gasteiger partial charge in [0.25, 0.3) is 5.91 Å². The topological polar surface area (TPSA) is 45.7 Å². The Kier molecular flexibility index (Phi) is 8.54. The number of ether oxygens (including phenoxy) is 1. The number of aromatic nitrogens is 1. The number of halogens is 2. The fourth-order valence-corrected chi connectivity index (χ4v) is 5.03.